The van der Waals surface area contributed by atoms with E-state index in [0.717, 1.165) is 23.0 Å². The van der Waals surface area contributed by atoms with Gasteiger partial charge in [-0.1, -0.05) is 39.1 Å². The number of hydrogen-bond acceptors (Lipinski definition) is 3. The van der Waals surface area contributed by atoms with Gasteiger partial charge in [-0.15, -0.1) is 0 Å². The zero-order chi connectivity index (χ0) is 15.4. The summed E-state index contributed by atoms with van der Waals surface area (Å²) >= 11 is 15.8. The van der Waals surface area contributed by atoms with Crippen molar-refractivity contribution in [3.8, 4) is 0 Å². The fraction of sp³-hybridized carbons (Fsp3) is 0.500. The van der Waals surface area contributed by atoms with E-state index in [0.29, 0.717) is 29.7 Å². The molecule has 1 heterocycles. The van der Waals surface area contributed by atoms with E-state index in [1.807, 2.05) is 19.1 Å². The van der Waals surface area contributed by atoms with Crippen molar-refractivity contribution in [2.45, 2.75) is 25.8 Å². The number of benzene rings is 1. The van der Waals surface area contributed by atoms with Gasteiger partial charge in [0, 0.05) is 23.6 Å². The molecule has 1 saturated heterocycles. The van der Waals surface area contributed by atoms with Gasteiger partial charge >= 0.3 is 6.09 Å². The van der Waals surface area contributed by atoms with E-state index < -0.39 is 0 Å². The smallest absolute Gasteiger partial charge is 0.409 e. The Kier molecular flexibility index (Phi) is 6.02. The quantitative estimate of drug-likeness (QED) is 0.799. The van der Waals surface area contributed by atoms with Gasteiger partial charge in [0.1, 0.15) is 0 Å². The van der Waals surface area contributed by atoms with Crippen LogP contribution in [0.5, 0.6) is 0 Å². The van der Waals surface area contributed by atoms with Crippen molar-refractivity contribution in [2.24, 2.45) is 0 Å². The predicted octanol–water partition coefficient (Wildman–Crippen LogP) is 4.79. The lowest BCUT2D eigenvalue weighted by Crippen LogP contribution is -2.42. The van der Waals surface area contributed by atoms with Crippen LogP contribution in [0.4, 0.5) is 10.5 Å². The molecule has 0 saturated carbocycles. The Hall–Kier alpha value is -0.650. The molecule has 0 aliphatic carbocycles. The molecule has 1 aliphatic heterocycles. The highest BCUT2D eigenvalue weighted by atomic mass is 79.9. The second kappa shape index (κ2) is 7.56. The summed E-state index contributed by atoms with van der Waals surface area (Å²) in [6, 6.07) is 3.86. The van der Waals surface area contributed by atoms with Crippen molar-refractivity contribution in [3.63, 3.8) is 0 Å². The van der Waals surface area contributed by atoms with E-state index in [4.69, 9.17) is 27.9 Å². The first-order valence-corrected chi connectivity index (χ1v) is 8.39. The van der Waals surface area contributed by atoms with Crippen LogP contribution in [0.25, 0.3) is 0 Å². The minimum atomic E-state index is -0.240. The van der Waals surface area contributed by atoms with Crippen molar-refractivity contribution >= 4 is 50.9 Å². The van der Waals surface area contributed by atoms with E-state index in [1.165, 1.54) is 0 Å². The number of nitrogens with one attached hydrogen (secondary N) is 1. The minimum Gasteiger partial charge on any atom is -0.450 e. The molecule has 0 aromatic heterocycles. The molecule has 1 amide bonds. The third-order valence-electron chi connectivity index (χ3n) is 3.38. The molecule has 7 heteroatoms. The Morgan fingerprint density at radius 1 is 1.38 bits per heavy atom. The molecule has 0 spiro atoms. The van der Waals surface area contributed by atoms with Crippen LogP contribution in [0.15, 0.2) is 16.6 Å². The van der Waals surface area contributed by atoms with E-state index in [9.17, 15) is 4.79 Å². The van der Waals surface area contributed by atoms with E-state index in [-0.39, 0.29) is 12.1 Å². The van der Waals surface area contributed by atoms with Crippen LogP contribution < -0.4 is 5.32 Å². The van der Waals surface area contributed by atoms with Gasteiger partial charge in [0.15, 0.2) is 0 Å². The lowest BCUT2D eigenvalue weighted by molar-refractivity contribution is 0.0983. The number of carbonyl (C=O) groups excluding carboxylic acids is 1. The molecule has 0 radical (unpaired) electrons. The number of nitrogens with zero attached hydrogens (tertiary/aromatic N) is 1. The molecule has 1 fully saturated rings. The van der Waals surface area contributed by atoms with Crippen LogP contribution in [-0.4, -0.2) is 36.7 Å². The lowest BCUT2D eigenvalue weighted by Gasteiger charge is -2.32. The second-order valence-corrected chi connectivity index (χ2v) is 6.58. The number of halogens is 3. The summed E-state index contributed by atoms with van der Waals surface area (Å²) in [6.07, 6.45) is 1.43. The number of piperidine rings is 1. The van der Waals surface area contributed by atoms with Gasteiger partial charge in [-0.3, -0.25) is 0 Å². The average Bonchev–Trinajstić information content (AvgIpc) is 2.43. The number of ether oxygens (including phenoxy) is 1. The second-order valence-electron chi connectivity index (χ2n) is 4.85. The topological polar surface area (TPSA) is 41.6 Å². The number of anilines is 1. The predicted molar refractivity (Wildman–Crippen MR) is 89.4 cm³/mol. The monoisotopic (exact) mass is 394 g/mol. The lowest BCUT2D eigenvalue weighted by atomic mass is 10.1. The molecule has 1 N–H and O–H groups in total. The van der Waals surface area contributed by atoms with E-state index in [1.54, 1.807) is 4.90 Å². The van der Waals surface area contributed by atoms with Crippen LogP contribution in [0.2, 0.25) is 10.0 Å². The summed E-state index contributed by atoms with van der Waals surface area (Å²) in [5.41, 5.74) is 0.746. The molecule has 0 atom stereocenters. The number of amides is 1. The Labute approximate surface area is 142 Å². The third-order valence-corrected chi connectivity index (χ3v) is 4.43. The van der Waals surface area contributed by atoms with E-state index in [2.05, 4.69) is 21.2 Å². The molecule has 0 bridgehead atoms. The van der Waals surface area contributed by atoms with Crippen LogP contribution in [-0.2, 0) is 4.74 Å². The summed E-state index contributed by atoms with van der Waals surface area (Å²) in [6.45, 7) is 3.55. The summed E-state index contributed by atoms with van der Waals surface area (Å²) < 4.78 is 5.85. The Bertz CT molecular complexity index is 497. The molecular weight excluding hydrogens is 379 g/mol. The summed E-state index contributed by atoms with van der Waals surface area (Å²) in [7, 11) is 0. The molecule has 2 rings (SSSR count). The molecule has 0 unspecified atom stereocenters. The van der Waals surface area contributed by atoms with Crippen LogP contribution >= 0.6 is 39.1 Å². The Morgan fingerprint density at radius 3 is 2.48 bits per heavy atom. The van der Waals surface area contributed by atoms with Crippen molar-refractivity contribution < 1.29 is 9.53 Å². The van der Waals surface area contributed by atoms with Crippen LogP contribution in [0.3, 0.4) is 0 Å². The SMILES string of the molecule is CCOC(=O)N1CCC(Nc2c(Cl)cc(Br)cc2Cl)CC1. The van der Waals surface area contributed by atoms with Gasteiger partial charge in [0.25, 0.3) is 0 Å². The largest absolute Gasteiger partial charge is 0.450 e. The maximum absolute atomic E-state index is 11.6. The van der Waals surface area contributed by atoms with Crippen LogP contribution in [0, 0.1) is 0 Å². The molecule has 4 nitrogen and oxygen atoms in total. The van der Waals surface area contributed by atoms with Gasteiger partial charge in [0.05, 0.1) is 22.3 Å². The Morgan fingerprint density at radius 2 is 1.95 bits per heavy atom. The fourth-order valence-corrected chi connectivity index (χ4v) is 3.62. The van der Waals surface area contributed by atoms with Crippen molar-refractivity contribution in [3.05, 3.63) is 26.7 Å². The maximum atomic E-state index is 11.6. The molecule has 21 heavy (non-hydrogen) atoms. The highest BCUT2D eigenvalue weighted by Gasteiger charge is 2.24. The highest BCUT2D eigenvalue weighted by molar-refractivity contribution is 9.10. The number of hydrogen-bond donors (Lipinski definition) is 1. The fourth-order valence-electron chi connectivity index (χ4n) is 2.31. The number of rotatable bonds is 3. The van der Waals surface area contributed by atoms with Gasteiger partial charge < -0.3 is 15.0 Å². The molecule has 116 valence electrons. The third kappa shape index (κ3) is 4.41. The van der Waals surface area contributed by atoms with Crippen LogP contribution in [0.1, 0.15) is 19.8 Å². The van der Waals surface area contributed by atoms with Gasteiger partial charge in [-0.2, -0.15) is 0 Å². The van der Waals surface area contributed by atoms with Crippen molar-refractivity contribution in [1.29, 1.82) is 0 Å². The van der Waals surface area contributed by atoms with Gasteiger partial charge in [0.2, 0.25) is 0 Å². The molecule has 1 aliphatic rings. The first-order chi connectivity index (χ1) is 10.0. The molecule has 1 aromatic rings. The molecular formula is C14H17BrCl2N2O2. The summed E-state index contributed by atoms with van der Waals surface area (Å²) in [4.78, 5) is 13.4. The normalized spacial score (nSPS) is 15.9. The number of likely N-dealkylation sites (tertiary alicyclic amines) is 1. The van der Waals surface area contributed by atoms with Gasteiger partial charge in [-0.25, -0.2) is 4.79 Å². The van der Waals surface area contributed by atoms with E-state index >= 15 is 0 Å². The maximum Gasteiger partial charge on any atom is 0.409 e. The minimum absolute atomic E-state index is 0.240. The number of carbonyl (C=O) groups is 1. The first-order valence-electron chi connectivity index (χ1n) is 6.84. The first kappa shape index (κ1) is 16.7. The summed E-state index contributed by atoms with van der Waals surface area (Å²) in [5, 5.41) is 4.54. The zero-order valence-corrected chi connectivity index (χ0v) is 14.8. The Balaban J connectivity index is 1.94. The molecule has 1 aromatic carbocycles. The zero-order valence-electron chi connectivity index (χ0n) is 11.7. The standard InChI is InChI=1S/C14H17BrCl2N2O2/c1-2-21-14(20)19-5-3-10(4-6-19)18-13-11(16)7-9(15)8-12(13)17/h7-8,10,18H,2-6H2,1H3. The average molecular weight is 396 g/mol. The van der Waals surface area contributed by atoms with Crippen molar-refractivity contribution in [1.82, 2.24) is 4.90 Å². The van der Waals surface area contributed by atoms with Gasteiger partial charge in [-0.05, 0) is 31.9 Å². The summed E-state index contributed by atoms with van der Waals surface area (Å²) in [5.74, 6) is 0. The highest BCUT2D eigenvalue weighted by Crippen LogP contribution is 2.35. The van der Waals surface area contributed by atoms with Crippen molar-refractivity contribution in [2.75, 3.05) is 25.0 Å².